The molecule has 0 aliphatic carbocycles. The Bertz CT molecular complexity index is 1010. The fourth-order valence-electron chi connectivity index (χ4n) is 3.85. The Kier molecular flexibility index (Phi) is 7.98. The monoisotopic (exact) mass is 461 g/mol. The van der Waals surface area contributed by atoms with E-state index in [1.54, 1.807) is 45.4 Å². The minimum atomic E-state index is -3.76. The van der Waals surface area contributed by atoms with E-state index < -0.39 is 16.1 Å². The molecule has 0 spiro atoms. The van der Waals surface area contributed by atoms with Crippen LogP contribution in [-0.4, -0.2) is 52.5 Å². The van der Waals surface area contributed by atoms with Gasteiger partial charge >= 0.3 is 10.2 Å². The Morgan fingerprint density at radius 3 is 2.50 bits per heavy atom. The van der Waals surface area contributed by atoms with Crippen molar-refractivity contribution in [1.82, 2.24) is 9.62 Å². The molecule has 3 rings (SSSR count). The lowest BCUT2D eigenvalue weighted by molar-refractivity contribution is -0.126. The molecule has 32 heavy (non-hydrogen) atoms. The van der Waals surface area contributed by atoms with Crippen LogP contribution >= 0.6 is 0 Å². The van der Waals surface area contributed by atoms with Crippen LogP contribution in [0.15, 0.2) is 48.5 Å². The summed E-state index contributed by atoms with van der Waals surface area (Å²) in [4.78, 5) is 12.8. The van der Waals surface area contributed by atoms with Gasteiger partial charge in [0.25, 0.3) is 0 Å². The van der Waals surface area contributed by atoms with E-state index in [0.29, 0.717) is 37.4 Å². The minimum absolute atomic E-state index is 0.139. The van der Waals surface area contributed by atoms with Crippen molar-refractivity contribution in [2.75, 3.05) is 38.2 Å². The fourth-order valence-corrected chi connectivity index (χ4v) is 5.57. The highest BCUT2D eigenvalue weighted by Gasteiger charge is 2.35. The molecule has 1 atom stereocenters. The molecule has 1 N–H and O–H groups in total. The SMILES string of the molecule is CCN(c1ccc(OC)cc1)S(=O)(=O)N1CCCC(C(=O)NCc2cccc(OC)c2)C1. The Morgan fingerprint density at radius 1 is 1.12 bits per heavy atom. The largest absolute Gasteiger partial charge is 0.497 e. The first-order valence-corrected chi connectivity index (χ1v) is 12.1. The number of nitrogens with one attached hydrogen (secondary N) is 1. The lowest BCUT2D eigenvalue weighted by atomic mass is 9.99. The highest BCUT2D eigenvalue weighted by molar-refractivity contribution is 7.90. The van der Waals surface area contributed by atoms with Crippen LogP contribution in [0.4, 0.5) is 5.69 Å². The summed E-state index contributed by atoms with van der Waals surface area (Å²) in [5, 5.41) is 2.94. The number of ether oxygens (including phenoxy) is 2. The number of hydrogen-bond acceptors (Lipinski definition) is 5. The predicted octanol–water partition coefficient (Wildman–Crippen LogP) is 2.80. The molecule has 9 heteroatoms. The first-order valence-electron chi connectivity index (χ1n) is 10.7. The molecular formula is C23H31N3O5S. The van der Waals surface area contributed by atoms with Gasteiger partial charge in [-0.25, -0.2) is 0 Å². The van der Waals surface area contributed by atoms with Gasteiger partial charge in [-0.2, -0.15) is 12.7 Å². The maximum atomic E-state index is 13.4. The molecule has 1 fully saturated rings. The third-order valence-corrected chi connectivity index (χ3v) is 7.62. The predicted molar refractivity (Wildman–Crippen MR) is 124 cm³/mol. The van der Waals surface area contributed by atoms with Gasteiger partial charge in [0.15, 0.2) is 0 Å². The smallest absolute Gasteiger partial charge is 0.304 e. The van der Waals surface area contributed by atoms with Crippen molar-refractivity contribution in [2.24, 2.45) is 5.92 Å². The maximum Gasteiger partial charge on any atom is 0.304 e. The van der Waals surface area contributed by atoms with Gasteiger partial charge in [0, 0.05) is 26.2 Å². The van der Waals surface area contributed by atoms with E-state index >= 15 is 0 Å². The third-order valence-electron chi connectivity index (χ3n) is 5.61. The number of anilines is 1. The second kappa shape index (κ2) is 10.7. The number of benzene rings is 2. The quantitative estimate of drug-likeness (QED) is 0.620. The van der Waals surface area contributed by atoms with E-state index in [0.717, 1.165) is 11.3 Å². The zero-order valence-electron chi connectivity index (χ0n) is 18.8. The first kappa shape index (κ1) is 23.9. The molecule has 1 amide bonds. The summed E-state index contributed by atoms with van der Waals surface area (Å²) in [6.45, 7) is 3.02. The summed E-state index contributed by atoms with van der Waals surface area (Å²) in [5.74, 6) is 0.858. The van der Waals surface area contributed by atoms with Crippen molar-refractivity contribution in [3.05, 3.63) is 54.1 Å². The average Bonchev–Trinajstić information content (AvgIpc) is 2.83. The third kappa shape index (κ3) is 5.52. The Labute approximate surface area is 190 Å². The van der Waals surface area contributed by atoms with Gasteiger partial charge in [-0.1, -0.05) is 12.1 Å². The molecule has 174 valence electrons. The fraction of sp³-hybridized carbons (Fsp3) is 0.435. The van der Waals surface area contributed by atoms with Crippen molar-refractivity contribution in [2.45, 2.75) is 26.3 Å². The number of piperidine rings is 1. The van der Waals surface area contributed by atoms with Crippen molar-refractivity contribution in [3.63, 3.8) is 0 Å². The summed E-state index contributed by atoms with van der Waals surface area (Å²) in [6.07, 6.45) is 1.29. The van der Waals surface area contributed by atoms with Crippen LogP contribution in [0.3, 0.4) is 0 Å². The standard InChI is InChI=1S/C23H31N3O5S/c1-4-26(20-10-12-21(30-2)13-11-20)32(28,29)25-14-6-8-19(17-25)23(27)24-16-18-7-5-9-22(15-18)31-3/h5,7,9-13,15,19H,4,6,8,14,16-17H2,1-3H3,(H,24,27). The van der Waals surface area contributed by atoms with E-state index in [4.69, 9.17) is 9.47 Å². The van der Waals surface area contributed by atoms with Gasteiger partial charge < -0.3 is 14.8 Å². The topological polar surface area (TPSA) is 88.2 Å². The van der Waals surface area contributed by atoms with E-state index in [2.05, 4.69) is 5.32 Å². The molecule has 0 radical (unpaired) electrons. The van der Waals surface area contributed by atoms with Crippen molar-refractivity contribution >= 4 is 21.8 Å². The number of carbonyl (C=O) groups excluding carboxylic acids is 1. The van der Waals surface area contributed by atoms with E-state index in [1.165, 1.54) is 8.61 Å². The Hall–Kier alpha value is -2.78. The van der Waals surface area contributed by atoms with Gasteiger partial charge in [-0.3, -0.25) is 9.10 Å². The highest BCUT2D eigenvalue weighted by Crippen LogP contribution is 2.27. The zero-order chi connectivity index (χ0) is 23.1. The molecular weight excluding hydrogens is 430 g/mol. The molecule has 1 saturated heterocycles. The normalized spacial score (nSPS) is 16.9. The molecule has 0 bridgehead atoms. The number of carbonyl (C=O) groups is 1. The van der Waals surface area contributed by atoms with Gasteiger partial charge in [0.1, 0.15) is 11.5 Å². The Morgan fingerprint density at radius 2 is 1.84 bits per heavy atom. The van der Waals surface area contributed by atoms with E-state index in [9.17, 15) is 13.2 Å². The maximum absolute atomic E-state index is 13.4. The molecule has 1 heterocycles. The van der Waals surface area contributed by atoms with Crippen LogP contribution < -0.4 is 19.1 Å². The van der Waals surface area contributed by atoms with Crippen LogP contribution in [-0.2, 0) is 21.5 Å². The van der Waals surface area contributed by atoms with Crippen LogP contribution in [0.5, 0.6) is 11.5 Å². The number of nitrogens with zero attached hydrogens (tertiary/aromatic N) is 2. The summed E-state index contributed by atoms with van der Waals surface area (Å²) in [6, 6.07) is 14.4. The van der Waals surface area contributed by atoms with Gasteiger partial charge in [0.05, 0.1) is 25.8 Å². The average molecular weight is 462 g/mol. The van der Waals surface area contributed by atoms with Crippen molar-refractivity contribution in [3.8, 4) is 11.5 Å². The minimum Gasteiger partial charge on any atom is -0.497 e. The second-order valence-electron chi connectivity index (χ2n) is 7.64. The zero-order valence-corrected chi connectivity index (χ0v) is 19.6. The number of hydrogen-bond donors (Lipinski definition) is 1. The summed E-state index contributed by atoms with van der Waals surface area (Å²) >= 11 is 0. The van der Waals surface area contributed by atoms with Crippen LogP contribution in [0.2, 0.25) is 0 Å². The number of methoxy groups -OCH3 is 2. The molecule has 1 aliphatic heterocycles. The molecule has 2 aromatic carbocycles. The highest BCUT2D eigenvalue weighted by atomic mass is 32.2. The molecule has 8 nitrogen and oxygen atoms in total. The van der Waals surface area contributed by atoms with E-state index in [1.807, 2.05) is 24.3 Å². The van der Waals surface area contributed by atoms with Crippen molar-refractivity contribution in [1.29, 1.82) is 0 Å². The van der Waals surface area contributed by atoms with E-state index in [-0.39, 0.29) is 19.0 Å². The summed E-state index contributed by atoms with van der Waals surface area (Å²) in [5.41, 5.74) is 1.49. The van der Waals surface area contributed by atoms with Gasteiger partial charge in [0.2, 0.25) is 5.91 Å². The molecule has 0 saturated carbocycles. The van der Waals surface area contributed by atoms with Crippen LogP contribution in [0.25, 0.3) is 0 Å². The lowest BCUT2D eigenvalue weighted by Crippen LogP contribution is -2.50. The first-order chi connectivity index (χ1) is 15.4. The second-order valence-corrected chi connectivity index (χ2v) is 9.49. The van der Waals surface area contributed by atoms with Gasteiger partial charge in [-0.15, -0.1) is 0 Å². The summed E-state index contributed by atoms with van der Waals surface area (Å²) in [7, 11) is -0.597. The van der Waals surface area contributed by atoms with Gasteiger partial charge in [-0.05, 0) is 61.7 Å². The number of rotatable bonds is 9. The molecule has 0 aromatic heterocycles. The summed E-state index contributed by atoms with van der Waals surface area (Å²) < 4.78 is 39.9. The molecule has 1 aliphatic rings. The van der Waals surface area contributed by atoms with Crippen LogP contribution in [0, 0.1) is 5.92 Å². The van der Waals surface area contributed by atoms with Crippen LogP contribution in [0.1, 0.15) is 25.3 Å². The van der Waals surface area contributed by atoms with Crippen molar-refractivity contribution < 1.29 is 22.7 Å². The Balaban J connectivity index is 1.66. The number of amides is 1. The molecule has 1 unspecified atom stereocenters. The molecule has 2 aromatic rings. The lowest BCUT2D eigenvalue weighted by Gasteiger charge is -2.35.